The van der Waals surface area contributed by atoms with E-state index in [0.717, 1.165) is 72.7 Å². The van der Waals surface area contributed by atoms with Gasteiger partial charge in [-0.1, -0.05) is 49.2 Å². The van der Waals surface area contributed by atoms with Crippen LogP contribution in [0.4, 0.5) is 5.69 Å². The van der Waals surface area contributed by atoms with Crippen LogP contribution in [-0.2, 0) is 0 Å². The van der Waals surface area contributed by atoms with Crippen LogP contribution in [0.1, 0.15) is 54.6 Å². The summed E-state index contributed by atoms with van der Waals surface area (Å²) in [6.07, 6.45) is 5.34. The van der Waals surface area contributed by atoms with Crippen LogP contribution in [0.3, 0.4) is 0 Å². The topological polar surface area (TPSA) is 68.8 Å². The highest BCUT2D eigenvalue weighted by atomic mass is 35.5. The molecule has 218 valence electrons. The Labute approximate surface area is 252 Å². The summed E-state index contributed by atoms with van der Waals surface area (Å²) >= 11 is 6.19. The van der Waals surface area contributed by atoms with Gasteiger partial charge < -0.3 is 19.7 Å². The van der Waals surface area contributed by atoms with E-state index >= 15 is 0 Å². The number of benzene rings is 3. The summed E-state index contributed by atoms with van der Waals surface area (Å²) in [5, 5.41) is 11.6. The minimum atomic E-state index is -1.00. The predicted octanol–water partition coefficient (Wildman–Crippen LogP) is 8.41. The Morgan fingerprint density at radius 3 is 2.52 bits per heavy atom. The highest BCUT2D eigenvalue weighted by molar-refractivity contribution is 6.30. The number of carbonyl (C=O) groups is 1. The molecule has 2 heterocycles. The lowest BCUT2D eigenvalue weighted by Gasteiger charge is -2.39. The minimum Gasteiger partial charge on any atom is -0.478 e. The number of carboxylic acids is 1. The molecular formula is C35H38ClN3O3. The average molecular weight is 584 g/mol. The number of nitrogens with one attached hydrogen (secondary N) is 1. The zero-order valence-electron chi connectivity index (χ0n) is 24.5. The molecule has 1 fully saturated rings. The second kappa shape index (κ2) is 11.5. The first-order valence-electron chi connectivity index (χ1n) is 14.7. The first-order valence-corrected chi connectivity index (χ1v) is 15.1. The number of aromatic carboxylic acids is 1. The predicted molar refractivity (Wildman–Crippen MR) is 171 cm³/mol. The van der Waals surface area contributed by atoms with E-state index in [9.17, 15) is 9.90 Å². The number of aromatic nitrogens is 1. The molecule has 1 aliphatic carbocycles. The summed E-state index contributed by atoms with van der Waals surface area (Å²) in [7, 11) is 0. The summed E-state index contributed by atoms with van der Waals surface area (Å²) in [5.74, 6) is 0.00835. The van der Waals surface area contributed by atoms with Crippen molar-refractivity contribution in [1.29, 1.82) is 0 Å². The van der Waals surface area contributed by atoms with Crippen molar-refractivity contribution in [3.63, 3.8) is 0 Å². The fraction of sp³-hybridized carbons (Fsp3) is 0.343. The molecule has 0 atom stereocenters. The number of piperazine rings is 1. The number of anilines is 1. The number of allylic oxidation sites excluding steroid dienone is 1. The van der Waals surface area contributed by atoms with Gasteiger partial charge in [-0.05, 0) is 84.7 Å². The lowest BCUT2D eigenvalue weighted by molar-refractivity contribution is 0.0694. The highest BCUT2D eigenvalue weighted by Gasteiger charge is 2.29. The molecule has 6 nitrogen and oxygen atoms in total. The summed E-state index contributed by atoms with van der Waals surface area (Å²) in [6, 6.07) is 19.6. The lowest BCUT2D eigenvalue weighted by atomic mass is 9.72. The van der Waals surface area contributed by atoms with Crippen molar-refractivity contribution < 1.29 is 14.6 Å². The maximum atomic E-state index is 12.1. The number of halogens is 1. The fourth-order valence-electron chi connectivity index (χ4n) is 6.39. The van der Waals surface area contributed by atoms with Gasteiger partial charge in [0.1, 0.15) is 17.1 Å². The molecule has 0 spiro atoms. The third kappa shape index (κ3) is 5.92. The number of aromatic amines is 1. The van der Waals surface area contributed by atoms with Crippen LogP contribution in [0.25, 0.3) is 16.5 Å². The van der Waals surface area contributed by atoms with Crippen molar-refractivity contribution >= 4 is 39.7 Å². The van der Waals surface area contributed by atoms with Gasteiger partial charge in [-0.3, -0.25) is 4.90 Å². The van der Waals surface area contributed by atoms with E-state index in [-0.39, 0.29) is 5.56 Å². The van der Waals surface area contributed by atoms with E-state index in [0.29, 0.717) is 16.9 Å². The second-order valence-corrected chi connectivity index (χ2v) is 12.9. The molecular weight excluding hydrogens is 546 g/mol. The number of carboxylic acid groups (broad SMARTS) is 1. The van der Waals surface area contributed by atoms with Crippen LogP contribution >= 0.6 is 11.6 Å². The van der Waals surface area contributed by atoms with Crippen LogP contribution in [0, 0.1) is 12.3 Å². The van der Waals surface area contributed by atoms with Crippen molar-refractivity contribution in [1.82, 2.24) is 9.88 Å². The summed E-state index contributed by atoms with van der Waals surface area (Å²) in [4.78, 5) is 20.2. The zero-order valence-corrected chi connectivity index (χ0v) is 25.3. The maximum Gasteiger partial charge on any atom is 0.339 e. The van der Waals surface area contributed by atoms with Gasteiger partial charge in [0.15, 0.2) is 0 Å². The molecule has 1 saturated heterocycles. The Hall–Kier alpha value is -3.74. The van der Waals surface area contributed by atoms with Crippen molar-refractivity contribution in [2.45, 2.75) is 40.0 Å². The smallest absolute Gasteiger partial charge is 0.339 e. The van der Waals surface area contributed by atoms with E-state index in [2.05, 4.69) is 40.8 Å². The Morgan fingerprint density at radius 2 is 1.79 bits per heavy atom. The van der Waals surface area contributed by atoms with E-state index < -0.39 is 5.97 Å². The molecule has 0 unspecified atom stereocenters. The molecule has 3 aromatic carbocycles. The molecule has 6 rings (SSSR count). The fourth-order valence-corrected chi connectivity index (χ4v) is 6.51. The van der Waals surface area contributed by atoms with E-state index in [1.54, 1.807) is 11.6 Å². The quantitative estimate of drug-likeness (QED) is 0.229. The largest absolute Gasteiger partial charge is 0.478 e. The van der Waals surface area contributed by atoms with Gasteiger partial charge in [-0.25, -0.2) is 4.79 Å². The van der Waals surface area contributed by atoms with Gasteiger partial charge in [-0.2, -0.15) is 0 Å². The Bertz CT molecular complexity index is 1650. The Balaban J connectivity index is 1.19. The molecule has 0 saturated carbocycles. The minimum absolute atomic E-state index is 0.157. The molecule has 0 amide bonds. The Morgan fingerprint density at radius 1 is 1.02 bits per heavy atom. The van der Waals surface area contributed by atoms with Crippen molar-refractivity contribution in [3.05, 3.63) is 94.1 Å². The van der Waals surface area contributed by atoms with Gasteiger partial charge in [0.2, 0.25) is 0 Å². The number of hydrogen-bond acceptors (Lipinski definition) is 4. The van der Waals surface area contributed by atoms with Crippen molar-refractivity contribution in [2.24, 2.45) is 5.41 Å². The molecule has 4 aromatic rings. The van der Waals surface area contributed by atoms with Gasteiger partial charge in [-0.15, -0.1) is 0 Å². The van der Waals surface area contributed by atoms with Crippen LogP contribution in [-0.4, -0.2) is 53.7 Å². The summed E-state index contributed by atoms with van der Waals surface area (Å²) in [6.45, 7) is 11.4. The summed E-state index contributed by atoms with van der Waals surface area (Å²) in [5.41, 5.74) is 7.76. The number of fused-ring (bicyclic) bond motifs is 1. The molecule has 1 aliphatic heterocycles. The normalized spacial score (nSPS) is 17.6. The molecule has 2 aliphatic rings. The van der Waals surface area contributed by atoms with Crippen LogP contribution in [0.15, 0.2) is 72.4 Å². The maximum absolute atomic E-state index is 12.1. The van der Waals surface area contributed by atoms with Crippen LogP contribution < -0.4 is 9.64 Å². The van der Waals surface area contributed by atoms with Crippen LogP contribution in [0.5, 0.6) is 11.5 Å². The van der Waals surface area contributed by atoms with Gasteiger partial charge in [0, 0.05) is 66.6 Å². The number of nitrogens with zero attached hydrogens (tertiary/aromatic N) is 2. The number of hydrogen-bond donors (Lipinski definition) is 2. The van der Waals surface area contributed by atoms with E-state index in [1.807, 2.05) is 55.6 Å². The molecule has 7 heteroatoms. The molecule has 0 bridgehead atoms. The summed E-state index contributed by atoms with van der Waals surface area (Å²) < 4.78 is 6.30. The molecule has 0 radical (unpaired) electrons. The van der Waals surface area contributed by atoms with E-state index in [4.69, 9.17) is 16.3 Å². The molecule has 1 aromatic heterocycles. The third-order valence-electron chi connectivity index (χ3n) is 8.81. The van der Waals surface area contributed by atoms with Crippen LogP contribution in [0.2, 0.25) is 5.02 Å². The number of H-pyrrole nitrogens is 1. The number of rotatable bonds is 7. The van der Waals surface area contributed by atoms with Gasteiger partial charge >= 0.3 is 5.97 Å². The first-order chi connectivity index (χ1) is 20.2. The van der Waals surface area contributed by atoms with Crippen molar-refractivity contribution in [2.75, 3.05) is 37.6 Å². The van der Waals surface area contributed by atoms with Gasteiger partial charge in [0.05, 0.1) is 0 Å². The Kier molecular flexibility index (Phi) is 7.77. The monoisotopic (exact) mass is 583 g/mol. The molecule has 2 N–H and O–H groups in total. The second-order valence-electron chi connectivity index (χ2n) is 12.4. The highest BCUT2D eigenvalue weighted by Crippen LogP contribution is 2.43. The van der Waals surface area contributed by atoms with E-state index in [1.165, 1.54) is 17.6 Å². The SMILES string of the molecule is Cc1c[nH]c2cccc(Oc3cc(N4CCN(CC5=C(c6ccc(Cl)cc6)CC(C)(C)CC5)CC4)ccc3C(=O)O)c12. The lowest BCUT2D eigenvalue weighted by Crippen LogP contribution is -2.47. The zero-order chi connectivity index (χ0) is 29.4. The molecule has 42 heavy (non-hydrogen) atoms. The van der Waals surface area contributed by atoms with Crippen molar-refractivity contribution in [3.8, 4) is 11.5 Å². The standard InChI is InChI=1S/C35H38ClN3O3/c1-23-21-37-30-5-4-6-31(33(23)30)42-32-19-27(11-12-28(32)34(40)41)39-17-15-38(16-18-39)22-25-13-14-35(2,3)20-29(25)24-7-9-26(36)10-8-24/h4-12,19,21,37H,13-18,20,22H2,1-3H3,(H,40,41). The number of aryl methyl sites for hydroxylation is 1. The third-order valence-corrected chi connectivity index (χ3v) is 9.06. The first kappa shape index (κ1) is 28.4. The van der Waals surface area contributed by atoms with Gasteiger partial charge in [0.25, 0.3) is 0 Å². The number of ether oxygens (including phenoxy) is 1. The average Bonchev–Trinajstić information content (AvgIpc) is 3.36.